The number of rotatable bonds is 6. The Labute approximate surface area is 284 Å². The van der Waals surface area contributed by atoms with Crippen molar-refractivity contribution in [3.8, 4) is 5.75 Å². The summed E-state index contributed by atoms with van der Waals surface area (Å²) in [6.45, 7) is 2.38. The molecule has 4 N–H and O–H groups in total. The van der Waals surface area contributed by atoms with Gasteiger partial charge in [0.15, 0.2) is 5.82 Å². The first-order valence-electron chi connectivity index (χ1n) is 16.1. The van der Waals surface area contributed by atoms with Crippen molar-refractivity contribution in [1.82, 2.24) is 24.1 Å². The summed E-state index contributed by atoms with van der Waals surface area (Å²) >= 11 is 0. The second-order valence-corrected chi connectivity index (χ2v) is 14.5. The van der Waals surface area contributed by atoms with Crippen molar-refractivity contribution >= 4 is 67.0 Å². The van der Waals surface area contributed by atoms with Crippen LogP contribution < -0.4 is 25.4 Å². The summed E-state index contributed by atoms with van der Waals surface area (Å²) in [7, 11) is -2.69. The Morgan fingerprint density at radius 1 is 1.00 bits per heavy atom. The van der Waals surface area contributed by atoms with Crippen molar-refractivity contribution in [3.05, 3.63) is 64.3 Å². The van der Waals surface area contributed by atoms with Crippen LogP contribution >= 0.6 is 0 Å². The van der Waals surface area contributed by atoms with E-state index in [0.29, 0.717) is 34.1 Å². The van der Waals surface area contributed by atoms with E-state index in [0.717, 1.165) is 18.4 Å². The number of hydrogen-bond donors (Lipinski definition) is 4. The molecular formula is C33H34FN7O8S. The van der Waals surface area contributed by atoms with Crippen LogP contribution in [0.4, 0.5) is 15.8 Å². The molecule has 17 heteroatoms. The molecule has 3 fully saturated rings. The highest BCUT2D eigenvalue weighted by Gasteiger charge is 2.38. The number of imidazole rings is 1. The van der Waals surface area contributed by atoms with Gasteiger partial charge in [-0.15, -0.1) is 0 Å². The average Bonchev–Trinajstić information content (AvgIpc) is 3.49. The largest absolute Gasteiger partial charge is 0.506 e. The van der Waals surface area contributed by atoms with Crippen LogP contribution in [0.2, 0.25) is 0 Å². The molecule has 7 rings (SSSR count). The standard InChI is InChI=1S/C33H34FN7O8S/c1-17(31(45)35-21-4-5-22-20(13-21)15-26(42)30(29(22)34)40-16-28(44)37-50(40,48)49)39-11-9-18(10-12-39)19-3-6-23-25(14-19)38(2)33(47)41(23)24-7-8-27(43)36-32(24)46/h3-6,13-15,17-18,24,42H,7-12,16H2,1-2H3,(H,35,45)(H,37,44)(H,36,43,46). The number of halogens is 1. The van der Waals surface area contributed by atoms with E-state index in [-0.39, 0.29) is 47.0 Å². The Morgan fingerprint density at radius 2 is 1.74 bits per heavy atom. The number of imide groups is 1. The first-order chi connectivity index (χ1) is 23.7. The molecule has 0 bridgehead atoms. The fourth-order valence-corrected chi connectivity index (χ4v) is 8.36. The van der Waals surface area contributed by atoms with Crippen LogP contribution in [0, 0.1) is 5.82 Å². The topological polar surface area (TPSA) is 192 Å². The number of carbonyl (C=O) groups excluding carboxylic acids is 4. The minimum absolute atomic E-state index is 0.00809. The fourth-order valence-electron chi connectivity index (χ4n) is 7.20. The zero-order chi connectivity index (χ0) is 35.6. The number of amides is 4. The Morgan fingerprint density at radius 3 is 2.42 bits per heavy atom. The zero-order valence-corrected chi connectivity index (χ0v) is 27.9. The monoisotopic (exact) mass is 707 g/mol. The molecule has 50 heavy (non-hydrogen) atoms. The number of aryl methyl sites for hydroxylation is 1. The third-order valence-corrected chi connectivity index (χ3v) is 11.3. The number of aromatic nitrogens is 2. The fraction of sp³-hybridized carbons (Fsp3) is 0.364. The van der Waals surface area contributed by atoms with Crippen LogP contribution in [-0.4, -0.2) is 76.9 Å². The van der Waals surface area contributed by atoms with Crippen molar-refractivity contribution in [1.29, 1.82) is 0 Å². The molecule has 1 aromatic heterocycles. The number of phenols is 1. The van der Waals surface area contributed by atoms with E-state index >= 15 is 4.39 Å². The van der Waals surface area contributed by atoms with E-state index in [1.807, 2.05) is 18.2 Å². The number of phenolic OH excluding ortho intramolecular Hbond substituents is 1. The molecule has 0 saturated carbocycles. The molecule has 4 amide bonds. The molecule has 0 radical (unpaired) electrons. The van der Waals surface area contributed by atoms with E-state index in [1.54, 1.807) is 18.7 Å². The van der Waals surface area contributed by atoms with Crippen LogP contribution in [0.3, 0.4) is 0 Å². The molecular weight excluding hydrogens is 673 g/mol. The third-order valence-electron chi connectivity index (χ3n) is 9.93. The Bertz CT molecular complexity index is 2290. The number of piperidine rings is 2. The molecule has 0 spiro atoms. The van der Waals surface area contributed by atoms with E-state index in [1.165, 1.54) is 33.4 Å². The van der Waals surface area contributed by atoms with E-state index < -0.39 is 57.9 Å². The molecule has 4 heterocycles. The lowest BCUT2D eigenvalue weighted by Gasteiger charge is -2.35. The molecule has 3 saturated heterocycles. The number of hydrogen-bond acceptors (Lipinski definition) is 9. The molecule has 3 aliphatic heterocycles. The lowest BCUT2D eigenvalue weighted by molar-refractivity contribution is -0.135. The molecule has 15 nitrogen and oxygen atoms in total. The minimum atomic E-state index is -4.35. The minimum Gasteiger partial charge on any atom is -0.506 e. The van der Waals surface area contributed by atoms with Crippen LogP contribution in [-0.2, 0) is 36.4 Å². The van der Waals surface area contributed by atoms with Gasteiger partial charge in [-0.05, 0) is 92.5 Å². The van der Waals surface area contributed by atoms with E-state index in [4.69, 9.17) is 0 Å². The number of likely N-dealkylation sites (tertiary alicyclic amines) is 1. The zero-order valence-electron chi connectivity index (χ0n) is 27.1. The van der Waals surface area contributed by atoms with Gasteiger partial charge in [0.1, 0.15) is 24.0 Å². The van der Waals surface area contributed by atoms with Gasteiger partial charge in [0, 0.05) is 24.5 Å². The van der Waals surface area contributed by atoms with Crippen molar-refractivity contribution in [2.24, 2.45) is 7.05 Å². The third kappa shape index (κ3) is 5.65. The molecule has 3 aromatic carbocycles. The van der Waals surface area contributed by atoms with E-state index in [2.05, 4.69) is 15.5 Å². The normalized spacial score (nSPS) is 20.7. The van der Waals surface area contributed by atoms with Gasteiger partial charge in [-0.2, -0.15) is 8.42 Å². The SMILES string of the molecule is CC(C(=O)Nc1ccc2c(F)c(N3CC(=O)NS3(=O)=O)c(O)cc2c1)N1CCC(c2ccc3c(c2)n(C)c(=O)n3C2CCC(=O)NC2=O)CC1. The molecule has 262 valence electrons. The van der Waals surface area contributed by atoms with Gasteiger partial charge in [-0.25, -0.2) is 18.2 Å². The Hall–Kier alpha value is -5.29. The predicted octanol–water partition coefficient (Wildman–Crippen LogP) is 1.70. The van der Waals surface area contributed by atoms with Crippen LogP contribution in [0.5, 0.6) is 5.75 Å². The maximum atomic E-state index is 15.5. The highest BCUT2D eigenvalue weighted by Crippen LogP contribution is 2.39. The number of benzene rings is 3. The van der Waals surface area contributed by atoms with Gasteiger partial charge in [0.25, 0.3) is 5.91 Å². The predicted molar refractivity (Wildman–Crippen MR) is 180 cm³/mol. The summed E-state index contributed by atoms with van der Waals surface area (Å²) in [6.07, 6.45) is 1.94. The molecule has 0 aliphatic carbocycles. The summed E-state index contributed by atoms with van der Waals surface area (Å²) in [4.78, 5) is 64.3. The summed E-state index contributed by atoms with van der Waals surface area (Å²) in [5.41, 5.74) is 1.75. The van der Waals surface area contributed by atoms with Gasteiger partial charge in [0.2, 0.25) is 17.7 Å². The maximum Gasteiger partial charge on any atom is 0.329 e. The van der Waals surface area contributed by atoms with Crippen molar-refractivity contribution < 1.29 is 37.1 Å². The lowest BCUT2D eigenvalue weighted by Crippen LogP contribution is -2.45. The summed E-state index contributed by atoms with van der Waals surface area (Å²) in [5.74, 6) is -3.50. The van der Waals surface area contributed by atoms with Crippen LogP contribution in [0.1, 0.15) is 50.1 Å². The van der Waals surface area contributed by atoms with Gasteiger partial charge < -0.3 is 10.4 Å². The van der Waals surface area contributed by atoms with Gasteiger partial charge >= 0.3 is 15.9 Å². The highest BCUT2D eigenvalue weighted by atomic mass is 32.2. The highest BCUT2D eigenvalue weighted by molar-refractivity contribution is 7.92. The van der Waals surface area contributed by atoms with Crippen molar-refractivity contribution in [3.63, 3.8) is 0 Å². The number of aromatic hydroxyl groups is 1. The van der Waals surface area contributed by atoms with Crippen molar-refractivity contribution in [2.75, 3.05) is 29.3 Å². The summed E-state index contributed by atoms with van der Waals surface area (Å²) < 4.78 is 45.1. The van der Waals surface area contributed by atoms with Crippen molar-refractivity contribution in [2.45, 2.75) is 50.6 Å². The first-order valence-corrected chi connectivity index (χ1v) is 17.6. The van der Waals surface area contributed by atoms with Crippen LogP contribution in [0.25, 0.3) is 21.8 Å². The summed E-state index contributed by atoms with van der Waals surface area (Å²) in [5, 5.41) is 15.9. The van der Waals surface area contributed by atoms with Crippen LogP contribution in [0.15, 0.2) is 47.3 Å². The number of anilines is 2. The maximum absolute atomic E-state index is 15.5. The molecule has 2 unspecified atom stereocenters. The van der Waals surface area contributed by atoms with Gasteiger partial charge in [-0.3, -0.25) is 38.5 Å². The number of fused-ring (bicyclic) bond motifs is 2. The number of nitrogens with one attached hydrogen (secondary N) is 3. The number of nitrogens with zero attached hydrogens (tertiary/aromatic N) is 4. The molecule has 4 aromatic rings. The lowest BCUT2D eigenvalue weighted by atomic mass is 9.88. The van der Waals surface area contributed by atoms with Gasteiger partial charge in [0.05, 0.1) is 17.1 Å². The van der Waals surface area contributed by atoms with E-state index in [9.17, 15) is 37.5 Å². The second-order valence-electron chi connectivity index (χ2n) is 12.9. The second kappa shape index (κ2) is 12.2. The smallest absolute Gasteiger partial charge is 0.329 e. The Balaban J connectivity index is 1.02. The van der Waals surface area contributed by atoms with Gasteiger partial charge in [-0.1, -0.05) is 6.07 Å². The summed E-state index contributed by atoms with van der Waals surface area (Å²) in [6, 6.07) is 10.0. The molecule has 2 atom stereocenters. The number of carbonyl (C=O) groups is 4. The first kappa shape index (κ1) is 33.2. The molecule has 3 aliphatic rings. The Kier molecular flexibility index (Phi) is 8.13. The quantitative estimate of drug-likeness (QED) is 0.216. The average molecular weight is 708 g/mol.